The summed E-state index contributed by atoms with van der Waals surface area (Å²) in [6.07, 6.45) is 0. The first-order valence-electron chi connectivity index (χ1n) is 8.59. The van der Waals surface area contributed by atoms with Gasteiger partial charge in [-0.05, 0) is 44.2 Å². The first-order chi connectivity index (χ1) is 12.4. The third-order valence-electron chi connectivity index (χ3n) is 3.88. The lowest BCUT2D eigenvalue weighted by atomic mass is 10.2. The Balaban J connectivity index is 1.90. The van der Waals surface area contributed by atoms with Crippen LogP contribution in [0.5, 0.6) is 0 Å². The summed E-state index contributed by atoms with van der Waals surface area (Å²) in [5.74, 6) is -0.135. The van der Waals surface area contributed by atoms with Gasteiger partial charge in [0.15, 0.2) is 0 Å². The van der Waals surface area contributed by atoms with E-state index in [1.807, 2.05) is 56.3 Å². The van der Waals surface area contributed by atoms with Crippen molar-refractivity contribution in [3.63, 3.8) is 0 Å². The first-order valence-corrected chi connectivity index (χ1v) is 10.3. The van der Waals surface area contributed by atoms with Gasteiger partial charge < -0.3 is 5.32 Å². The third-order valence-corrected chi connectivity index (χ3v) is 5.88. The van der Waals surface area contributed by atoms with Crippen LogP contribution >= 0.6 is 23.1 Å². The highest BCUT2D eigenvalue weighted by molar-refractivity contribution is 8.00. The second-order valence-electron chi connectivity index (χ2n) is 6.63. The van der Waals surface area contributed by atoms with Crippen LogP contribution in [0, 0.1) is 0 Å². The lowest BCUT2D eigenvalue weighted by Crippen LogP contribution is -2.15. The predicted molar refractivity (Wildman–Crippen MR) is 112 cm³/mol. The number of thiazole rings is 1. The fraction of sp³-hybridized carbons (Fsp3) is 0.300. The average molecular weight is 387 g/mol. The van der Waals surface area contributed by atoms with Crippen molar-refractivity contribution in [1.29, 1.82) is 0 Å². The smallest absolute Gasteiger partial charge is 0.308 e. The Hall–Kier alpha value is -2.05. The minimum Gasteiger partial charge on any atom is -0.322 e. The molecule has 0 saturated carbocycles. The van der Waals surface area contributed by atoms with Gasteiger partial charge in [-0.2, -0.15) is 0 Å². The molecular weight excluding hydrogens is 364 g/mol. The van der Waals surface area contributed by atoms with Gasteiger partial charge in [0.25, 0.3) is 5.91 Å². The van der Waals surface area contributed by atoms with Crippen LogP contribution in [0.25, 0.3) is 10.2 Å². The van der Waals surface area contributed by atoms with Gasteiger partial charge in [0.2, 0.25) is 0 Å². The van der Waals surface area contributed by atoms with E-state index in [1.165, 1.54) is 11.3 Å². The normalized spacial score (nSPS) is 11.5. The summed E-state index contributed by atoms with van der Waals surface area (Å²) in [5.41, 5.74) is 2.27. The number of carbonyl (C=O) groups is 1. The highest BCUT2D eigenvalue weighted by Gasteiger charge is 2.15. The monoisotopic (exact) mass is 386 g/mol. The summed E-state index contributed by atoms with van der Waals surface area (Å²) in [6.45, 7) is 8.20. The van der Waals surface area contributed by atoms with Crippen molar-refractivity contribution in [3.8, 4) is 0 Å². The van der Waals surface area contributed by atoms with Gasteiger partial charge >= 0.3 is 4.87 Å². The molecule has 0 saturated heterocycles. The quantitative estimate of drug-likeness (QED) is 0.598. The van der Waals surface area contributed by atoms with Crippen molar-refractivity contribution in [2.45, 2.75) is 43.9 Å². The van der Waals surface area contributed by atoms with E-state index in [4.69, 9.17) is 0 Å². The summed E-state index contributed by atoms with van der Waals surface area (Å²) < 4.78 is 2.66. The Morgan fingerprint density at radius 1 is 1.12 bits per heavy atom. The van der Waals surface area contributed by atoms with Crippen LogP contribution in [0.4, 0.5) is 5.69 Å². The van der Waals surface area contributed by atoms with Crippen LogP contribution in [0.1, 0.15) is 44.1 Å². The van der Waals surface area contributed by atoms with Crippen molar-refractivity contribution in [1.82, 2.24) is 4.57 Å². The van der Waals surface area contributed by atoms with Crippen LogP contribution in [0.2, 0.25) is 0 Å². The molecule has 4 nitrogen and oxygen atoms in total. The Labute approximate surface area is 161 Å². The molecule has 0 aliphatic heterocycles. The van der Waals surface area contributed by atoms with Gasteiger partial charge in [-0.25, -0.2) is 0 Å². The molecule has 0 spiro atoms. The second kappa shape index (κ2) is 7.68. The van der Waals surface area contributed by atoms with Crippen molar-refractivity contribution in [2.75, 3.05) is 5.32 Å². The number of hydrogen-bond donors (Lipinski definition) is 1. The number of thioether (sulfide) groups is 1. The molecule has 1 heterocycles. The maximum absolute atomic E-state index is 12.7. The molecule has 1 N–H and O–H groups in total. The first kappa shape index (κ1) is 18.7. The van der Waals surface area contributed by atoms with Gasteiger partial charge in [-0.1, -0.05) is 37.3 Å². The Morgan fingerprint density at radius 3 is 2.54 bits per heavy atom. The number of hydrogen-bond acceptors (Lipinski definition) is 4. The van der Waals surface area contributed by atoms with Crippen molar-refractivity contribution >= 4 is 44.9 Å². The maximum Gasteiger partial charge on any atom is 0.308 e. The lowest BCUT2D eigenvalue weighted by Gasteiger charge is -2.12. The number of rotatable bonds is 5. The summed E-state index contributed by atoms with van der Waals surface area (Å²) in [5, 5.41) is 3.36. The van der Waals surface area contributed by atoms with Crippen LogP contribution in [-0.4, -0.2) is 15.7 Å². The van der Waals surface area contributed by atoms with E-state index in [1.54, 1.807) is 16.3 Å². The van der Waals surface area contributed by atoms with E-state index in [2.05, 4.69) is 19.2 Å². The summed E-state index contributed by atoms with van der Waals surface area (Å²) in [7, 11) is 0. The van der Waals surface area contributed by atoms with E-state index in [9.17, 15) is 9.59 Å². The molecule has 3 aromatic rings. The zero-order valence-corrected chi connectivity index (χ0v) is 16.9. The van der Waals surface area contributed by atoms with E-state index in [-0.39, 0.29) is 16.8 Å². The lowest BCUT2D eigenvalue weighted by molar-refractivity contribution is 0.102. The Bertz CT molecular complexity index is 1000. The number of aromatic nitrogens is 1. The molecule has 1 amide bonds. The third kappa shape index (κ3) is 3.86. The number of nitrogens with zero attached hydrogens (tertiary/aromatic N) is 1. The number of fused-ring (bicyclic) bond motifs is 1. The molecule has 0 unspecified atom stereocenters. The second-order valence-corrected chi connectivity index (χ2v) is 9.24. The van der Waals surface area contributed by atoms with Crippen molar-refractivity contribution in [2.24, 2.45) is 0 Å². The minimum atomic E-state index is -0.135. The fourth-order valence-electron chi connectivity index (χ4n) is 2.81. The SMILES string of the molecule is CC(C)Sc1ccccc1C(=O)Nc1ccc2c(c1)sc(=O)n2C(C)C. The zero-order chi connectivity index (χ0) is 18.8. The van der Waals surface area contributed by atoms with Crippen molar-refractivity contribution < 1.29 is 4.79 Å². The fourth-order valence-corrected chi connectivity index (χ4v) is 4.82. The van der Waals surface area contributed by atoms with E-state index < -0.39 is 0 Å². The zero-order valence-electron chi connectivity index (χ0n) is 15.3. The highest BCUT2D eigenvalue weighted by atomic mass is 32.2. The van der Waals surface area contributed by atoms with Gasteiger partial charge in [0.1, 0.15) is 0 Å². The Morgan fingerprint density at radius 2 is 1.85 bits per heavy atom. The molecule has 136 valence electrons. The molecule has 0 atom stereocenters. The van der Waals surface area contributed by atoms with E-state index >= 15 is 0 Å². The van der Waals surface area contributed by atoms with E-state index in [0.29, 0.717) is 16.5 Å². The summed E-state index contributed by atoms with van der Waals surface area (Å²) in [4.78, 5) is 25.9. The number of anilines is 1. The molecule has 6 heteroatoms. The molecule has 0 fully saturated rings. The van der Waals surface area contributed by atoms with Gasteiger partial charge in [0.05, 0.1) is 15.8 Å². The van der Waals surface area contributed by atoms with E-state index in [0.717, 1.165) is 15.1 Å². The molecule has 0 aliphatic carbocycles. The molecule has 3 rings (SSSR count). The largest absolute Gasteiger partial charge is 0.322 e. The molecule has 0 radical (unpaired) electrons. The Kier molecular flexibility index (Phi) is 5.53. The van der Waals surface area contributed by atoms with Gasteiger partial charge in [-0.15, -0.1) is 11.8 Å². The van der Waals surface area contributed by atoms with Crippen molar-refractivity contribution in [3.05, 3.63) is 57.7 Å². The molecule has 26 heavy (non-hydrogen) atoms. The number of carbonyl (C=O) groups excluding carboxylic acids is 1. The molecular formula is C20H22N2O2S2. The van der Waals surface area contributed by atoms with Crippen LogP contribution in [0.3, 0.4) is 0 Å². The summed E-state index contributed by atoms with van der Waals surface area (Å²) in [6, 6.07) is 13.4. The summed E-state index contributed by atoms with van der Waals surface area (Å²) >= 11 is 2.88. The average Bonchev–Trinajstić information content (AvgIpc) is 2.89. The van der Waals surface area contributed by atoms with Crippen LogP contribution < -0.4 is 10.2 Å². The standard InChI is InChI=1S/C20H22N2O2S2/c1-12(2)22-16-10-9-14(11-18(16)26-20(22)24)21-19(23)15-7-5-6-8-17(15)25-13(3)4/h5-13H,1-4H3,(H,21,23). The molecule has 1 aromatic heterocycles. The van der Waals surface area contributed by atoms with Gasteiger partial charge in [0, 0.05) is 21.9 Å². The topological polar surface area (TPSA) is 51.1 Å². The number of amides is 1. The maximum atomic E-state index is 12.7. The number of nitrogens with one attached hydrogen (secondary N) is 1. The molecule has 2 aromatic carbocycles. The predicted octanol–water partition coefficient (Wildman–Crippen LogP) is 5.40. The minimum absolute atomic E-state index is 0.0251. The highest BCUT2D eigenvalue weighted by Crippen LogP contribution is 2.28. The van der Waals surface area contributed by atoms with Crippen LogP contribution in [-0.2, 0) is 0 Å². The molecule has 0 bridgehead atoms. The van der Waals surface area contributed by atoms with Gasteiger partial charge in [-0.3, -0.25) is 14.2 Å². The molecule has 0 aliphatic rings. The number of benzene rings is 2. The van der Waals surface area contributed by atoms with Crippen LogP contribution in [0.15, 0.2) is 52.2 Å².